The highest BCUT2D eigenvalue weighted by atomic mass is 35.5. The van der Waals surface area contributed by atoms with Crippen molar-refractivity contribution in [2.75, 3.05) is 23.4 Å². The van der Waals surface area contributed by atoms with Crippen LogP contribution in [-0.2, 0) is 14.6 Å². The summed E-state index contributed by atoms with van der Waals surface area (Å²) in [7, 11) is -3.12. The zero-order valence-corrected chi connectivity index (χ0v) is 13.6. The Balaban J connectivity index is 1.84. The number of sulfone groups is 1. The van der Waals surface area contributed by atoms with Crippen LogP contribution in [0.25, 0.3) is 0 Å². The van der Waals surface area contributed by atoms with Gasteiger partial charge in [-0.1, -0.05) is 0 Å². The van der Waals surface area contributed by atoms with Crippen molar-refractivity contribution in [3.63, 3.8) is 0 Å². The predicted octanol–water partition coefficient (Wildman–Crippen LogP) is 0.822. The van der Waals surface area contributed by atoms with E-state index < -0.39 is 21.3 Å². The summed E-state index contributed by atoms with van der Waals surface area (Å²) < 4.78 is 22.8. The van der Waals surface area contributed by atoms with E-state index in [9.17, 15) is 18.0 Å². The van der Waals surface area contributed by atoms with Crippen LogP contribution >= 0.6 is 11.6 Å². The zero-order valence-electron chi connectivity index (χ0n) is 12.0. The first-order valence-electron chi connectivity index (χ1n) is 6.75. The standard InChI is InChI=1S/C14H17ClN2O4S/c1-9(18)10-2-4-11(5-3-10)17-14(19)6-16-13-8-22(20,21)7-12(13)15/h2-5,12-13,16H,6-8H2,1H3,(H,17,19). The maximum atomic E-state index is 11.8. The van der Waals surface area contributed by atoms with Gasteiger partial charge in [-0.25, -0.2) is 8.42 Å². The fraction of sp³-hybridized carbons (Fsp3) is 0.429. The lowest BCUT2D eigenvalue weighted by molar-refractivity contribution is -0.115. The van der Waals surface area contributed by atoms with Crippen LogP contribution in [0, 0.1) is 0 Å². The first-order valence-corrected chi connectivity index (χ1v) is 9.01. The lowest BCUT2D eigenvalue weighted by Crippen LogP contribution is -2.41. The quantitative estimate of drug-likeness (QED) is 0.609. The molecule has 2 unspecified atom stereocenters. The van der Waals surface area contributed by atoms with Crippen molar-refractivity contribution >= 4 is 38.8 Å². The number of hydrogen-bond acceptors (Lipinski definition) is 5. The van der Waals surface area contributed by atoms with Gasteiger partial charge in [-0.15, -0.1) is 11.6 Å². The van der Waals surface area contributed by atoms with Crippen molar-refractivity contribution in [3.8, 4) is 0 Å². The molecular weight excluding hydrogens is 328 g/mol. The van der Waals surface area contributed by atoms with E-state index in [1.54, 1.807) is 24.3 Å². The molecule has 1 aromatic carbocycles. The van der Waals surface area contributed by atoms with Gasteiger partial charge in [0.25, 0.3) is 0 Å². The molecule has 1 fully saturated rings. The number of carbonyl (C=O) groups is 2. The number of alkyl halides is 1. The zero-order chi connectivity index (χ0) is 16.3. The van der Waals surface area contributed by atoms with Crippen LogP contribution in [0.3, 0.4) is 0 Å². The average molecular weight is 345 g/mol. The summed E-state index contributed by atoms with van der Waals surface area (Å²) in [6.45, 7) is 1.44. The second-order valence-corrected chi connectivity index (χ2v) is 7.98. The van der Waals surface area contributed by atoms with Crippen molar-refractivity contribution in [3.05, 3.63) is 29.8 Å². The molecule has 0 saturated carbocycles. The number of rotatable bonds is 5. The number of ketones is 1. The summed E-state index contributed by atoms with van der Waals surface area (Å²) in [5.74, 6) is -0.471. The van der Waals surface area contributed by atoms with Gasteiger partial charge in [0.05, 0.1) is 23.4 Å². The number of anilines is 1. The maximum absolute atomic E-state index is 11.8. The van der Waals surface area contributed by atoms with Gasteiger partial charge in [-0.2, -0.15) is 0 Å². The molecule has 0 bridgehead atoms. The van der Waals surface area contributed by atoms with Gasteiger partial charge in [0.2, 0.25) is 5.91 Å². The molecule has 0 radical (unpaired) electrons. The topological polar surface area (TPSA) is 92.3 Å². The van der Waals surface area contributed by atoms with Gasteiger partial charge in [0.15, 0.2) is 15.6 Å². The number of Topliss-reactive ketones (excluding diaryl/α,β-unsaturated/α-hetero) is 1. The van der Waals surface area contributed by atoms with Crippen molar-refractivity contribution in [2.24, 2.45) is 0 Å². The van der Waals surface area contributed by atoms with Crippen LogP contribution in [0.4, 0.5) is 5.69 Å². The molecule has 1 aliphatic heterocycles. The van der Waals surface area contributed by atoms with E-state index in [-0.39, 0.29) is 29.7 Å². The van der Waals surface area contributed by atoms with E-state index in [1.165, 1.54) is 6.92 Å². The molecule has 1 aromatic rings. The first-order chi connectivity index (χ1) is 10.3. The minimum atomic E-state index is -3.12. The monoisotopic (exact) mass is 344 g/mol. The maximum Gasteiger partial charge on any atom is 0.238 e. The Labute approximate surface area is 134 Å². The molecule has 1 heterocycles. The minimum absolute atomic E-state index is 0.0299. The number of carbonyl (C=O) groups excluding carboxylic acids is 2. The Hall–Kier alpha value is -1.44. The Morgan fingerprint density at radius 1 is 1.23 bits per heavy atom. The molecule has 1 aliphatic rings. The highest BCUT2D eigenvalue weighted by molar-refractivity contribution is 7.91. The van der Waals surface area contributed by atoms with Crippen LogP contribution < -0.4 is 10.6 Å². The van der Waals surface area contributed by atoms with Gasteiger partial charge >= 0.3 is 0 Å². The van der Waals surface area contributed by atoms with Gasteiger partial charge in [-0.3, -0.25) is 9.59 Å². The van der Waals surface area contributed by atoms with Crippen LogP contribution in [0.2, 0.25) is 0 Å². The smallest absolute Gasteiger partial charge is 0.238 e. The van der Waals surface area contributed by atoms with E-state index in [0.29, 0.717) is 11.3 Å². The summed E-state index contributed by atoms with van der Waals surface area (Å²) in [6, 6.07) is 6.11. The van der Waals surface area contributed by atoms with E-state index in [0.717, 1.165) is 0 Å². The van der Waals surface area contributed by atoms with Crippen molar-refractivity contribution in [1.82, 2.24) is 5.32 Å². The molecule has 1 amide bonds. The van der Waals surface area contributed by atoms with Crippen molar-refractivity contribution in [2.45, 2.75) is 18.3 Å². The summed E-state index contributed by atoms with van der Waals surface area (Å²) in [5, 5.41) is 5.00. The predicted molar refractivity (Wildman–Crippen MR) is 85.2 cm³/mol. The Morgan fingerprint density at radius 2 is 1.86 bits per heavy atom. The van der Waals surface area contributed by atoms with Gasteiger partial charge in [0.1, 0.15) is 0 Å². The molecule has 6 nitrogen and oxygen atoms in total. The molecule has 8 heteroatoms. The molecule has 0 aromatic heterocycles. The number of amides is 1. The van der Waals surface area contributed by atoms with E-state index in [2.05, 4.69) is 10.6 Å². The van der Waals surface area contributed by atoms with Crippen LogP contribution in [0.1, 0.15) is 17.3 Å². The van der Waals surface area contributed by atoms with E-state index in [1.807, 2.05) is 0 Å². The third kappa shape index (κ3) is 4.53. The lowest BCUT2D eigenvalue weighted by atomic mass is 10.1. The number of benzene rings is 1. The average Bonchev–Trinajstić information content (AvgIpc) is 2.69. The molecule has 2 atom stereocenters. The summed E-state index contributed by atoms with van der Waals surface area (Å²) in [4.78, 5) is 23.0. The lowest BCUT2D eigenvalue weighted by Gasteiger charge is -2.14. The molecule has 2 rings (SSSR count). The van der Waals surface area contributed by atoms with Gasteiger partial charge in [0, 0.05) is 17.3 Å². The summed E-state index contributed by atoms with van der Waals surface area (Å²) >= 11 is 5.95. The Bertz CT molecular complexity index is 673. The normalized spacial score (nSPS) is 23.2. The fourth-order valence-electron chi connectivity index (χ4n) is 2.21. The third-order valence-electron chi connectivity index (χ3n) is 3.38. The number of halogens is 1. The van der Waals surface area contributed by atoms with Gasteiger partial charge in [-0.05, 0) is 31.2 Å². The van der Waals surface area contributed by atoms with Crippen molar-refractivity contribution < 1.29 is 18.0 Å². The first kappa shape index (κ1) is 16.9. The summed E-state index contributed by atoms with van der Waals surface area (Å²) in [6.07, 6.45) is 0. The second-order valence-electron chi connectivity index (χ2n) is 5.26. The molecule has 120 valence electrons. The molecule has 2 N–H and O–H groups in total. The Kier molecular flexibility index (Phi) is 5.20. The van der Waals surface area contributed by atoms with Crippen LogP contribution in [-0.4, -0.2) is 49.6 Å². The van der Waals surface area contributed by atoms with E-state index in [4.69, 9.17) is 11.6 Å². The highest BCUT2D eigenvalue weighted by Gasteiger charge is 2.36. The molecule has 22 heavy (non-hydrogen) atoms. The van der Waals surface area contributed by atoms with Crippen LogP contribution in [0.5, 0.6) is 0 Å². The van der Waals surface area contributed by atoms with E-state index >= 15 is 0 Å². The van der Waals surface area contributed by atoms with Gasteiger partial charge < -0.3 is 10.6 Å². The number of nitrogens with one attached hydrogen (secondary N) is 2. The molecule has 0 spiro atoms. The fourth-order valence-corrected chi connectivity index (χ4v) is 4.82. The van der Waals surface area contributed by atoms with Crippen LogP contribution in [0.15, 0.2) is 24.3 Å². The molecule has 1 saturated heterocycles. The second kappa shape index (κ2) is 6.76. The number of hydrogen-bond donors (Lipinski definition) is 2. The minimum Gasteiger partial charge on any atom is -0.325 e. The third-order valence-corrected chi connectivity index (χ3v) is 5.76. The molecular formula is C14H17ClN2O4S. The largest absolute Gasteiger partial charge is 0.325 e. The summed E-state index contributed by atoms with van der Waals surface area (Å²) in [5.41, 5.74) is 1.13. The highest BCUT2D eigenvalue weighted by Crippen LogP contribution is 2.17. The van der Waals surface area contributed by atoms with Crippen molar-refractivity contribution in [1.29, 1.82) is 0 Å². The SMILES string of the molecule is CC(=O)c1ccc(NC(=O)CNC2CS(=O)(=O)CC2Cl)cc1. The Morgan fingerprint density at radius 3 is 2.36 bits per heavy atom. The molecule has 0 aliphatic carbocycles.